The maximum atomic E-state index is 12.3. The van der Waals surface area contributed by atoms with Crippen LogP contribution in [0.25, 0.3) is 0 Å². The highest BCUT2D eigenvalue weighted by Crippen LogP contribution is 2.16. The molecule has 0 bridgehead atoms. The van der Waals surface area contributed by atoms with Crippen LogP contribution in [-0.2, 0) is 9.53 Å². The molecule has 0 saturated heterocycles. The SMILES string of the molecule is COC(=O)C(CC(=O)c1ccco1)=NN=C(c1ccccc1)c1ccccc1C. The van der Waals surface area contributed by atoms with Gasteiger partial charge in [0.2, 0.25) is 5.78 Å². The summed E-state index contributed by atoms with van der Waals surface area (Å²) in [7, 11) is 1.23. The van der Waals surface area contributed by atoms with Crippen LogP contribution in [0.15, 0.2) is 87.6 Å². The third kappa shape index (κ3) is 4.93. The van der Waals surface area contributed by atoms with E-state index in [1.165, 1.54) is 19.4 Å². The van der Waals surface area contributed by atoms with Gasteiger partial charge in [-0.1, -0.05) is 54.6 Å². The molecule has 0 aliphatic carbocycles. The molecule has 3 rings (SSSR count). The van der Waals surface area contributed by atoms with Gasteiger partial charge in [-0.15, -0.1) is 10.2 Å². The van der Waals surface area contributed by atoms with Gasteiger partial charge in [-0.25, -0.2) is 4.79 Å². The van der Waals surface area contributed by atoms with Gasteiger partial charge in [0.1, 0.15) is 5.71 Å². The van der Waals surface area contributed by atoms with Crippen molar-refractivity contribution in [2.75, 3.05) is 7.11 Å². The molecule has 146 valence electrons. The summed E-state index contributed by atoms with van der Waals surface area (Å²) < 4.78 is 9.87. The number of ketones is 1. The Kier molecular flexibility index (Phi) is 6.47. The predicted molar refractivity (Wildman–Crippen MR) is 110 cm³/mol. The molecule has 0 spiro atoms. The van der Waals surface area contributed by atoms with Crippen molar-refractivity contribution in [2.24, 2.45) is 10.2 Å². The molecule has 1 aromatic heterocycles. The molecule has 6 heteroatoms. The zero-order valence-corrected chi connectivity index (χ0v) is 16.2. The summed E-state index contributed by atoms with van der Waals surface area (Å²) in [6.45, 7) is 1.97. The van der Waals surface area contributed by atoms with Gasteiger partial charge in [0, 0.05) is 11.1 Å². The van der Waals surface area contributed by atoms with Crippen LogP contribution in [-0.4, -0.2) is 30.3 Å². The summed E-state index contributed by atoms with van der Waals surface area (Å²) in [5.41, 5.74) is 3.22. The second-order valence-corrected chi connectivity index (χ2v) is 6.25. The third-order valence-electron chi connectivity index (χ3n) is 4.26. The Morgan fingerprint density at radius 2 is 1.66 bits per heavy atom. The quantitative estimate of drug-likeness (QED) is 0.263. The fourth-order valence-corrected chi connectivity index (χ4v) is 2.75. The minimum absolute atomic E-state index is 0.101. The molecule has 29 heavy (non-hydrogen) atoms. The van der Waals surface area contributed by atoms with Crippen molar-refractivity contribution in [3.05, 3.63) is 95.4 Å². The van der Waals surface area contributed by atoms with Crippen LogP contribution in [0.3, 0.4) is 0 Å². The molecule has 0 unspecified atom stereocenters. The van der Waals surface area contributed by atoms with E-state index in [0.29, 0.717) is 5.71 Å². The first kappa shape index (κ1) is 19.9. The van der Waals surface area contributed by atoms with Gasteiger partial charge in [-0.3, -0.25) is 4.79 Å². The van der Waals surface area contributed by atoms with Crippen molar-refractivity contribution in [3.8, 4) is 0 Å². The molecule has 0 atom stereocenters. The highest BCUT2D eigenvalue weighted by molar-refractivity contribution is 6.40. The molecule has 0 radical (unpaired) electrons. The number of methoxy groups -OCH3 is 1. The van der Waals surface area contributed by atoms with Crippen molar-refractivity contribution in [2.45, 2.75) is 13.3 Å². The highest BCUT2D eigenvalue weighted by Gasteiger charge is 2.20. The monoisotopic (exact) mass is 388 g/mol. The Bertz CT molecular complexity index is 1050. The van der Waals surface area contributed by atoms with E-state index in [1.54, 1.807) is 6.07 Å². The number of benzene rings is 2. The Morgan fingerprint density at radius 3 is 2.31 bits per heavy atom. The minimum Gasteiger partial charge on any atom is -0.464 e. The topological polar surface area (TPSA) is 81.2 Å². The lowest BCUT2D eigenvalue weighted by atomic mass is 9.98. The van der Waals surface area contributed by atoms with E-state index in [0.717, 1.165) is 16.7 Å². The number of esters is 1. The van der Waals surface area contributed by atoms with Crippen LogP contribution < -0.4 is 0 Å². The molecule has 0 amide bonds. The smallest absolute Gasteiger partial charge is 0.354 e. The van der Waals surface area contributed by atoms with E-state index >= 15 is 0 Å². The molecule has 2 aromatic carbocycles. The van der Waals surface area contributed by atoms with Crippen LogP contribution in [0.4, 0.5) is 0 Å². The largest absolute Gasteiger partial charge is 0.464 e. The molecular weight excluding hydrogens is 368 g/mol. The summed E-state index contributed by atoms with van der Waals surface area (Å²) in [6, 6.07) is 20.4. The molecule has 0 saturated carbocycles. The van der Waals surface area contributed by atoms with Gasteiger partial charge in [0.15, 0.2) is 11.5 Å². The van der Waals surface area contributed by atoms with Gasteiger partial charge >= 0.3 is 5.97 Å². The highest BCUT2D eigenvalue weighted by atomic mass is 16.5. The van der Waals surface area contributed by atoms with E-state index in [-0.39, 0.29) is 23.7 Å². The first-order valence-electron chi connectivity index (χ1n) is 9.01. The molecule has 0 N–H and O–H groups in total. The normalized spacial score (nSPS) is 11.9. The molecule has 0 fully saturated rings. The van der Waals surface area contributed by atoms with Crippen molar-refractivity contribution >= 4 is 23.2 Å². The zero-order chi connectivity index (χ0) is 20.6. The maximum Gasteiger partial charge on any atom is 0.354 e. The first-order chi connectivity index (χ1) is 14.1. The Labute approximate surface area is 168 Å². The summed E-state index contributed by atoms with van der Waals surface area (Å²) in [5, 5.41) is 8.46. The second-order valence-electron chi connectivity index (χ2n) is 6.25. The fraction of sp³-hybridized carbons (Fsp3) is 0.130. The van der Waals surface area contributed by atoms with E-state index in [4.69, 9.17) is 9.15 Å². The van der Waals surface area contributed by atoms with Crippen LogP contribution >= 0.6 is 0 Å². The summed E-state index contributed by atoms with van der Waals surface area (Å²) >= 11 is 0. The average Bonchev–Trinajstić information content (AvgIpc) is 3.29. The number of ether oxygens (including phenoxy) is 1. The van der Waals surface area contributed by atoms with Crippen molar-refractivity contribution in [1.29, 1.82) is 0 Å². The van der Waals surface area contributed by atoms with E-state index in [1.807, 2.05) is 61.5 Å². The van der Waals surface area contributed by atoms with Crippen LogP contribution in [0, 0.1) is 6.92 Å². The van der Waals surface area contributed by atoms with E-state index in [9.17, 15) is 9.59 Å². The molecular formula is C23H20N2O4. The Balaban J connectivity index is 2.03. The lowest BCUT2D eigenvalue weighted by Gasteiger charge is -2.09. The number of furan rings is 1. The number of carbonyl (C=O) groups is 2. The maximum absolute atomic E-state index is 12.3. The van der Waals surface area contributed by atoms with Crippen LogP contribution in [0.5, 0.6) is 0 Å². The molecule has 1 heterocycles. The summed E-state index contributed by atoms with van der Waals surface area (Å²) in [6.07, 6.45) is 1.12. The first-order valence-corrected chi connectivity index (χ1v) is 9.01. The zero-order valence-electron chi connectivity index (χ0n) is 16.2. The minimum atomic E-state index is -0.717. The fourth-order valence-electron chi connectivity index (χ4n) is 2.75. The van der Waals surface area contributed by atoms with Gasteiger partial charge < -0.3 is 9.15 Å². The molecule has 0 aliphatic heterocycles. The van der Waals surface area contributed by atoms with Gasteiger partial charge in [0.25, 0.3) is 0 Å². The summed E-state index contributed by atoms with van der Waals surface area (Å²) in [4.78, 5) is 24.5. The number of hydrogen-bond acceptors (Lipinski definition) is 6. The standard InChI is InChI=1S/C23H20N2O4/c1-16-9-6-7-12-18(16)22(17-10-4-3-5-11-17)25-24-19(23(27)28-2)15-20(26)21-13-8-14-29-21/h3-14H,15H2,1-2H3. The Hall–Kier alpha value is -3.80. The number of rotatable bonds is 7. The number of hydrogen-bond donors (Lipinski definition) is 0. The molecule has 0 aliphatic rings. The lowest BCUT2D eigenvalue weighted by molar-refractivity contribution is -0.132. The Morgan fingerprint density at radius 1 is 0.931 bits per heavy atom. The van der Waals surface area contributed by atoms with Crippen molar-refractivity contribution < 1.29 is 18.7 Å². The third-order valence-corrected chi connectivity index (χ3v) is 4.26. The van der Waals surface area contributed by atoms with Crippen molar-refractivity contribution in [1.82, 2.24) is 0 Å². The molecule has 6 nitrogen and oxygen atoms in total. The van der Waals surface area contributed by atoms with Crippen molar-refractivity contribution in [3.63, 3.8) is 0 Å². The van der Waals surface area contributed by atoms with Crippen LogP contribution in [0.2, 0.25) is 0 Å². The number of nitrogens with zero attached hydrogens (tertiary/aromatic N) is 2. The number of aryl methyl sites for hydroxylation is 1. The second kappa shape index (κ2) is 9.41. The van der Waals surface area contributed by atoms with Gasteiger partial charge in [0.05, 0.1) is 19.8 Å². The summed E-state index contributed by atoms with van der Waals surface area (Å²) in [5.74, 6) is -0.954. The van der Waals surface area contributed by atoms with Gasteiger partial charge in [-0.2, -0.15) is 0 Å². The van der Waals surface area contributed by atoms with Gasteiger partial charge in [-0.05, 0) is 24.6 Å². The average molecular weight is 388 g/mol. The van der Waals surface area contributed by atoms with Crippen LogP contribution in [0.1, 0.15) is 33.7 Å². The van der Waals surface area contributed by atoms with E-state index < -0.39 is 5.97 Å². The molecule has 3 aromatic rings. The lowest BCUT2D eigenvalue weighted by Crippen LogP contribution is -2.20. The van der Waals surface area contributed by atoms with E-state index in [2.05, 4.69) is 10.2 Å². The predicted octanol–water partition coefficient (Wildman–Crippen LogP) is 4.23. The number of Topliss-reactive ketones (excluding diaryl/α,β-unsaturated/α-hetero) is 1. The number of carbonyl (C=O) groups excluding carboxylic acids is 2.